The van der Waals surface area contributed by atoms with Crippen molar-refractivity contribution in [2.75, 3.05) is 37.6 Å². The molecule has 7 heteroatoms. The Morgan fingerprint density at radius 2 is 1.92 bits per heavy atom. The maximum atomic E-state index is 6.19. The van der Waals surface area contributed by atoms with Crippen molar-refractivity contribution in [3.8, 4) is 0 Å². The van der Waals surface area contributed by atoms with E-state index in [4.69, 9.17) is 5.73 Å². The molecule has 0 spiro atoms. The number of aromatic nitrogens is 3. The van der Waals surface area contributed by atoms with Gasteiger partial charge in [-0.3, -0.25) is 4.99 Å². The first-order valence-corrected chi connectivity index (χ1v) is 8.92. The van der Waals surface area contributed by atoms with Crippen LogP contribution in [0.25, 0.3) is 10.9 Å². The van der Waals surface area contributed by atoms with E-state index in [1.165, 1.54) is 10.9 Å². The second-order valence-corrected chi connectivity index (χ2v) is 6.41. The van der Waals surface area contributed by atoms with Crippen molar-refractivity contribution in [3.63, 3.8) is 0 Å². The molecular formula is C19H23N7. The minimum atomic E-state index is 0.626. The normalized spacial score (nSPS) is 15.6. The monoisotopic (exact) mass is 349 g/mol. The average Bonchev–Trinajstić information content (AvgIpc) is 3.16. The zero-order chi connectivity index (χ0) is 17.8. The maximum absolute atomic E-state index is 6.19. The zero-order valence-corrected chi connectivity index (χ0v) is 14.7. The molecule has 4 rings (SSSR count). The number of hydrogen-bond donors (Lipinski definition) is 2. The summed E-state index contributed by atoms with van der Waals surface area (Å²) in [5.41, 5.74) is 8.63. The van der Waals surface area contributed by atoms with E-state index in [1.807, 2.05) is 12.3 Å². The molecule has 1 aliphatic rings. The summed E-state index contributed by atoms with van der Waals surface area (Å²) in [6.07, 6.45) is 6.40. The first-order valence-electron chi connectivity index (χ1n) is 8.92. The van der Waals surface area contributed by atoms with Gasteiger partial charge in [-0.25, -0.2) is 9.97 Å². The van der Waals surface area contributed by atoms with Gasteiger partial charge >= 0.3 is 0 Å². The molecule has 0 atom stereocenters. The number of anilines is 1. The lowest BCUT2D eigenvalue weighted by Crippen LogP contribution is -2.51. The quantitative estimate of drug-likeness (QED) is 0.552. The average molecular weight is 349 g/mol. The second-order valence-electron chi connectivity index (χ2n) is 6.41. The zero-order valence-electron chi connectivity index (χ0n) is 14.7. The standard InChI is InChI=1S/C19H23N7/c20-18(22-8-4-15-2-3-17-16(14-15)5-9-21-17)25-10-12-26(13-11-25)19-23-6-1-7-24-19/h1-3,5-7,9,14,21H,4,8,10-13H2,(H2,20,22). The summed E-state index contributed by atoms with van der Waals surface area (Å²) in [5, 5.41) is 1.23. The molecule has 26 heavy (non-hydrogen) atoms. The van der Waals surface area contributed by atoms with Gasteiger partial charge in [-0.1, -0.05) is 6.07 Å². The molecule has 0 saturated carbocycles. The molecule has 1 aromatic carbocycles. The van der Waals surface area contributed by atoms with Gasteiger partial charge < -0.3 is 20.5 Å². The third kappa shape index (κ3) is 3.61. The van der Waals surface area contributed by atoms with Crippen molar-refractivity contribution in [1.82, 2.24) is 19.9 Å². The summed E-state index contributed by atoms with van der Waals surface area (Å²) in [6.45, 7) is 4.07. The number of H-pyrrole nitrogens is 1. The van der Waals surface area contributed by atoms with Gasteiger partial charge in [-0.2, -0.15) is 0 Å². The molecule has 3 aromatic rings. The fourth-order valence-electron chi connectivity index (χ4n) is 3.25. The van der Waals surface area contributed by atoms with Crippen LogP contribution >= 0.6 is 0 Å². The Bertz CT molecular complexity index is 879. The predicted molar refractivity (Wildman–Crippen MR) is 104 cm³/mol. The molecule has 0 bridgehead atoms. The lowest BCUT2D eigenvalue weighted by molar-refractivity contribution is 0.378. The predicted octanol–water partition coefficient (Wildman–Crippen LogP) is 1.64. The van der Waals surface area contributed by atoms with Crippen molar-refractivity contribution in [2.45, 2.75) is 6.42 Å². The molecule has 134 valence electrons. The third-order valence-corrected chi connectivity index (χ3v) is 4.73. The molecule has 3 N–H and O–H groups in total. The summed E-state index contributed by atoms with van der Waals surface area (Å²) in [5.74, 6) is 1.41. The first kappa shape index (κ1) is 16.4. The van der Waals surface area contributed by atoms with E-state index < -0.39 is 0 Å². The molecular weight excluding hydrogens is 326 g/mol. The summed E-state index contributed by atoms with van der Waals surface area (Å²) < 4.78 is 0. The van der Waals surface area contributed by atoms with E-state index in [9.17, 15) is 0 Å². The number of guanidine groups is 1. The van der Waals surface area contributed by atoms with E-state index in [-0.39, 0.29) is 0 Å². The lowest BCUT2D eigenvalue weighted by atomic mass is 10.1. The smallest absolute Gasteiger partial charge is 0.225 e. The van der Waals surface area contributed by atoms with Gasteiger partial charge in [0.25, 0.3) is 0 Å². The highest BCUT2D eigenvalue weighted by atomic mass is 15.3. The summed E-state index contributed by atoms with van der Waals surface area (Å²) in [6, 6.07) is 10.4. The van der Waals surface area contributed by atoms with Gasteiger partial charge in [0, 0.05) is 56.8 Å². The molecule has 1 saturated heterocycles. The molecule has 0 radical (unpaired) electrons. The van der Waals surface area contributed by atoms with Crippen LogP contribution in [-0.2, 0) is 6.42 Å². The van der Waals surface area contributed by atoms with Crippen LogP contribution < -0.4 is 10.6 Å². The number of piperazine rings is 1. The SMILES string of the molecule is NC(=NCCc1ccc2[nH]ccc2c1)N1CCN(c2ncccn2)CC1. The summed E-state index contributed by atoms with van der Waals surface area (Å²) >= 11 is 0. The number of hydrogen-bond acceptors (Lipinski definition) is 4. The van der Waals surface area contributed by atoms with Gasteiger partial charge in [0.05, 0.1) is 0 Å². The molecule has 3 heterocycles. The minimum absolute atomic E-state index is 0.626. The number of fused-ring (bicyclic) bond motifs is 1. The van der Waals surface area contributed by atoms with Gasteiger partial charge in [-0.05, 0) is 41.6 Å². The molecule has 2 aromatic heterocycles. The van der Waals surface area contributed by atoms with Gasteiger partial charge in [-0.15, -0.1) is 0 Å². The number of benzene rings is 1. The number of aliphatic imine (C=N–C) groups is 1. The van der Waals surface area contributed by atoms with E-state index in [0.717, 1.165) is 44.1 Å². The van der Waals surface area contributed by atoms with Crippen molar-refractivity contribution >= 4 is 22.8 Å². The Hall–Kier alpha value is -3.09. The number of nitrogens with two attached hydrogens (primary N) is 1. The highest BCUT2D eigenvalue weighted by Crippen LogP contribution is 2.15. The Balaban J connectivity index is 1.29. The van der Waals surface area contributed by atoms with Crippen LogP contribution in [0.5, 0.6) is 0 Å². The largest absolute Gasteiger partial charge is 0.370 e. The van der Waals surface area contributed by atoms with Crippen molar-refractivity contribution in [2.24, 2.45) is 10.7 Å². The Morgan fingerprint density at radius 1 is 1.12 bits per heavy atom. The van der Waals surface area contributed by atoms with Crippen LogP contribution in [0.3, 0.4) is 0 Å². The number of nitrogens with zero attached hydrogens (tertiary/aromatic N) is 5. The van der Waals surface area contributed by atoms with Crippen LogP contribution in [0.1, 0.15) is 5.56 Å². The van der Waals surface area contributed by atoms with Crippen LogP contribution in [0, 0.1) is 0 Å². The molecule has 7 nitrogen and oxygen atoms in total. The summed E-state index contributed by atoms with van der Waals surface area (Å²) in [4.78, 5) is 20.7. The topological polar surface area (TPSA) is 86.4 Å². The van der Waals surface area contributed by atoms with E-state index in [0.29, 0.717) is 12.5 Å². The van der Waals surface area contributed by atoms with E-state index in [2.05, 4.69) is 54.0 Å². The molecule has 1 aliphatic heterocycles. The molecule has 0 amide bonds. The fourth-order valence-corrected chi connectivity index (χ4v) is 3.25. The molecule has 1 fully saturated rings. The lowest BCUT2D eigenvalue weighted by Gasteiger charge is -2.35. The van der Waals surface area contributed by atoms with Crippen LogP contribution in [0.2, 0.25) is 0 Å². The Labute approximate surface area is 152 Å². The first-order chi connectivity index (χ1) is 12.8. The van der Waals surface area contributed by atoms with Crippen LogP contribution in [0.4, 0.5) is 5.95 Å². The Kier molecular flexibility index (Phi) is 4.68. The van der Waals surface area contributed by atoms with E-state index >= 15 is 0 Å². The third-order valence-electron chi connectivity index (χ3n) is 4.73. The Morgan fingerprint density at radius 3 is 2.73 bits per heavy atom. The van der Waals surface area contributed by atoms with Crippen LogP contribution in [-0.4, -0.2) is 58.5 Å². The number of aromatic amines is 1. The van der Waals surface area contributed by atoms with Gasteiger partial charge in [0.15, 0.2) is 5.96 Å². The fraction of sp³-hybridized carbons (Fsp3) is 0.316. The molecule has 0 aliphatic carbocycles. The number of rotatable bonds is 4. The minimum Gasteiger partial charge on any atom is -0.370 e. The van der Waals surface area contributed by atoms with Crippen molar-refractivity contribution in [1.29, 1.82) is 0 Å². The number of nitrogens with one attached hydrogen (secondary N) is 1. The summed E-state index contributed by atoms with van der Waals surface area (Å²) in [7, 11) is 0. The highest BCUT2D eigenvalue weighted by Gasteiger charge is 2.19. The van der Waals surface area contributed by atoms with Crippen LogP contribution in [0.15, 0.2) is 53.9 Å². The maximum Gasteiger partial charge on any atom is 0.225 e. The molecule has 0 unspecified atom stereocenters. The van der Waals surface area contributed by atoms with Crippen molar-refractivity contribution < 1.29 is 0 Å². The second kappa shape index (κ2) is 7.43. The highest BCUT2D eigenvalue weighted by molar-refractivity contribution is 5.80. The van der Waals surface area contributed by atoms with E-state index in [1.54, 1.807) is 12.4 Å². The van der Waals surface area contributed by atoms with Gasteiger partial charge in [0.1, 0.15) is 0 Å². The van der Waals surface area contributed by atoms with Crippen molar-refractivity contribution in [3.05, 3.63) is 54.5 Å². The van der Waals surface area contributed by atoms with Gasteiger partial charge in [0.2, 0.25) is 5.95 Å².